The van der Waals surface area contributed by atoms with Gasteiger partial charge >= 0.3 is 0 Å². The lowest BCUT2D eigenvalue weighted by molar-refractivity contribution is -0.137. The molecule has 6 fully saturated rings. The second-order valence-corrected chi connectivity index (χ2v) is 34.7. The van der Waals surface area contributed by atoms with Gasteiger partial charge in [0.2, 0.25) is 23.6 Å². The lowest BCUT2D eigenvalue weighted by Gasteiger charge is -2.44. The van der Waals surface area contributed by atoms with E-state index in [2.05, 4.69) is 135 Å². The summed E-state index contributed by atoms with van der Waals surface area (Å²) in [5, 5.41) is 15.2. The number of carbonyl (C=O) groups excluding carboxylic acids is 8. The van der Waals surface area contributed by atoms with E-state index >= 15 is 0 Å². The number of nitrogens with one attached hydrogen (secondary N) is 3. The second kappa shape index (κ2) is 41.3. The van der Waals surface area contributed by atoms with Crippen LogP contribution in [0.3, 0.4) is 0 Å². The van der Waals surface area contributed by atoms with Crippen molar-refractivity contribution in [1.82, 2.24) is 50.6 Å². The number of anilines is 2. The normalized spacial score (nSPS) is 21.0. The second-order valence-electron chi connectivity index (χ2n) is 33.1. The summed E-state index contributed by atoms with van der Waals surface area (Å²) in [6.45, 7) is 24.9. The molecular weight excluding hydrogens is 1650 g/mol. The third-order valence-electron chi connectivity index (χ3n) is 23.1. The van der Waals surface area contributed by atoms with Crippen LogP contribution in [-0.4, -0.2) is 255 Å². The summed E-state index contributed by atoms with van der Waals surface area (Å²) in [6, 6.07) is 33.3. The van der Waals surface area contributed by atoms with Crippen LogP contribution in [0.5, 0.6) is 23.0 Å². The van der Waals surface area contributed by atoms with Gasteiger partial charge in [0, 0.05) is 99.9 Å². The number of piperazine rings is 2. The fourth-order valence-electron chi connectivity index (χ4n) is 16.1. The molecule has 17 rings (SSSR count). The Balaban J connectivity index is 0.000000169. The number of nitriles is 1. The van der Waals surface area contributed by atoms with Crippen LogP contribution in [0.1, 0.15) is 188 Å². The number of carbonyl (C=O) groups is 8. The van der Waals surface area contributed by atoms with Gasteiger partial charge in [-0.25, -0.2) is 19.9 Å². The molecule has 0 bridgehead atoms. The van der Waals surface area contributed by atoms with Crippen molar-refractivity contribution in [2.24, 2.45) is 9.98 Å². The molecule has 10 heterocycles. The first-order valence-corrected chi connectivity index (χ1v) is 44.0. The molecule has 0 spiro atoms. The fraction of sp³-hybridized carbons (Fsp3) is 0.467. The average molecular weight is 1760 g/mol. The third kappa shape index (κ3) is 22.9. The summed E-state index contributed by atoms with van der Waals surface area (Å²) in [6.07, 6.45) is 8.02. The molecule has 35 heteroatoms. The van der Waals surface area contributed by atoms with Gasteiger partial charge in [-0.05, 0) is 171 Å². The number of hydrogen-bond donors (Lipinski definition) is 3. The Hall–Kier alpha value is -11.9. The molecular formula is C92H109N15O19S. The summed E-state index contributed by atoms with van der Waals surface area (Å²) in [4.78, 5) is 136. The Bertz CT molecular complexity index is 5460. The van der Waals surface area contributed by atoms with Crippen molar-refractivity contribution in [3.8, 4) is 29.1 Å². The number of aryl methyl sites for hydroxylation is 1. The van der Waals surface area contributed by atoms with Crippen molar-refractivity contribution < 1.29 is 88.9 Å². The number of fused-ring (bicyclic) bond motifs is 4. The minimum Gasteiger partial charge on any atom is -0.491 e. The summed E-state index contributed by atoms with van der Waals surface area (Å²) in [5.41, 5.74) is 9.76. The molecule has 2 unspecified atom stereocenters. The first-order valence-electron chi connectivity index (χ1n) is 42.6. The van der Waals surface area contributed by atoms with Crippen LogP contribution in [0, 0.1) is 18.3 Å². The van der Waals surface area contributed by atoms with Crippen molar-refractivity contribution in [3.05, 3.63) is 183 Å². The van der Waals surface area contributed by atoms with Gasteiger partial charge in [-0.3, -0.25) is 77.9 Å². The van der Waals surface area contributed by atoms with Crippen LogP contribution in [0.25, 0.3) is 0 Å². The van der Waals surface area contributed by atoms with Gasteiger partial charge in [-0.1, -0.05) is 37.3 Å². The van der Waals surface area contributed by atoms with Crippen LogP contribution in [0.4, 0.5) is 11.6 Å². The van der Waals surface area contributed by atoms with Gasteiger partial charge in [0.1, 0.15) is 83.8 Å². The summed E-state index contributed by atoms with van der Waals surface area (Å²) in [5.74, 6) is -0.0477. The van der Waals surface area contributed by atoms with Gasteiger partial charge in [0.25, 0.3) is 33.7 Å². The predicted molar refractivity (Wildman–Crippen MR) is 467 cm³/mol. The number of nitrogens with zero attached hydrogens (tertiary/aromatic N) is 12. The number of aliphatic imine (C=N–C) groups is 2. The summed E-state index contributed by atoms with van der Waals surface area (Å²) in [7, 11) is -3.83. The van der Waals surface area contributed by atoms with E-state index < -0.39 is 69.5 Å². The zero-order chi connectivity index (χ0) is 89.0. The molecule has 2 aromatic heterocycles. The highest BCUT2D eigenvalue weighted by Gasteiger charge is 2.48. The molecule has 2 aliphatic carbocycles. The number of amides is 8. The molecule has 8 aliphatic heterocycles. The van der Waals surface area contributed by atoms with Crippen molar-refractivity contribution >= 4 is 80.4 Å². The molecule has 2 saturated carbocycles. The minimum absolute atomic E-state index is 0. The van der Waals surface area contributed by atoms with E-state index in [1.54, 1.807) is 43.0 Å². The average Bonchev–Trinajstić information content (AvgIpc) is 1.61. The highest BCUT2D eigenvalue weighted by atomic mass is 32.2. The molecule has 0 radical (unpaired) electrons. The van der Waals surface area contributed by atoms with Crippen molar-refractivity contribution in [3.63, 3.8) is 0 Å². The van der Waals surface area contributed by atoms with Gasteiger partial charge in [-0.2, -0.15) is 13.7 Å². The topological polar surface area (TPSA) is 406 Å². The van der Waals surface area contributed by atoms with E-state index in [1.807, 2.05) is 13.0 Å². The van der Waals surface area contributed by atoms with Crippen molar-refractivity contribution in [2.45, 2.75) is 180 Å². The number of benzene rings is 5. The van der Waals surface area contributed by atoms with Gasteiger partial charge < -0.3 is 53.0 Å². The van der Waals surface area contributed by atoms with Gasteiger partial charge in [-0.15, -0.1) is 0 Å². The number of aromatic nitrogens is 4. The number of rotatable bonds is 32. The summed E-state index contributed by atoms with van der Waals surface area (Å²) < 4.78 is 75.3. The van der Waals surface area contributed by atoms with Crippen LogP contribution in [-0.2, 0) is 65.5 Å². The summed E-state index contributed by atoms with van der Waals surface area (Å²) >= 11 is 0. The lowest BCUT2D eigenvalue weighted by Crippen LogP contribution is -2.57. The van der Waals surface area contributed by atoms with E-state index in [1.165, 1.54) is 54.4 Å². The lowest BCUT2D eigenvalue weighted by atomic mass is 10.0. The van der Waals surface area contributed by atoms with Gasteiger partial charge in [0.05, 0.1) is 129 Å². The monoisotopic (exact) mass is 1760 g/mol. The van der Waals surface area contributed by atoms with E-state index in [0.717, 1.165) is 131 Å². The Morgan fingerprint density at radius 2 is 0.874 bits per heavy atom. The van der Waals surface area contributed by atoms with Crippen LogP contribution in [0.15, 0.2) is 137 Å². The molecule has 6 atom stereocenters. The third-order valence-corrected chi connectivity index (χ3v) is 24.4. The molecule has 3 N–H and O–H groups in total. The molecule has 8 amide bonds. The molecule has 127 heavy (non-hydrogen) atoms. The number of piperidine rings is 2. The highest BCUT2D eigenvalue weighted by Crippen LogP contribution is 2.43. The molecule has 672 valence electrons. The molecule has 4 saturated heterocycles. The maximum absolute atomic E-state index is 13.0. The predicted octanol–water partition coefficient (Wildman–Crippen LogP) is 8.50. The zero-order valence-electron chi connectivity index (χ0n) is 71.9. The molecule has 7 aromatic rings. The number of imide groups is 4. The van der Waals surface area contributed by atoms with E-state index in [9.17, 15) is 46.8 Å². The first kappa shape index (κ1) is 92.8. The SMILES string of the molecule is C.CC#N.C[C@@H]1CN(c2cc(C3=NCc4ccc(OC5(C)CC5)cc43)ncn2)C[C@H](C)N1.C[C@@H]1CN(c2cc(C3=NCc4ccc(OC5(C)CC5)cc43)ncn2)C[C@H](C)N1CCOCCOCCOc1ccc2c(c1)C(=O)N(C1CCC(=O)NC1=O)C2=O.Cc1ccc(S(=O)(=O)OCCOCCOCCOc2ccc3c(c2)C(=O)N(C2CCC(=O)NC2=O)C3=O)cc1. The van der Waals surface area contributed by atoms with Crippen molar-refractivity contribution in [1.29, 1.82) is 5.26 Å². The van der Waals surface area contributed by atoms with E-state index in [0.29, 0.717) is 63.1 Å². The standard InChI is InChI=1S/C41H47N7O8.C26H28N2O10S.C22H27N5O.C2H3N.CH4/c1-25-22-46(35-20-33(43-24-44-35)37-31-19-29(56-41(3)10-11-41)5-4-27(31)21-42-37)23-26(2)47(25)12-13-53-14-15-54-16-17-55-28-6-7-30-32(18-28)40(52)48(39(30)51)34-8-9-36(49)45-38(34)50;1-17-2-5-19(6-3-17)39(33,34)38-15-13-36-11-10-35-12-14-37-18-4-7-20-21(16-18)26(32)28(25(20)31)22-8-9-23(29)27-24(22)30;1-14-11-27(12-15(2)26-14)20-9-19(24-13-25-20)21-18-8-17(28-22(3)6-7-22)5-4-16(18)10-23-21;1-2-3;/h4-7,18-20,24-26,34H,8-17,21-23H2,1-3H3,(H,45,49,50);2-7,16,22H,8-15H2,1H3,(H,27,29,30);4-5,8-9,13-15,26H,6-7,10-12H2,1-3H3;1H3;1H4/t25-,26+,34?;;14-,15+;;. The minimum atomic E-state index is -3.83. The Kier molecular flexibility index (Phi) is 30.1. The number of hydrogen-bond acceptors (Lipinski definition) is 30. The quantitative estimate of drug-likeness (QED) is 0.0202. The smallest absolute Gasteiger partial charge is 0.297 e. The van der Waals surface area contributed by atoms with Crippen molar-refractivity contribution in [2.75, 3.05) is 115 Å². The van der Waals surface area contributed by atoms with Crippen LogP contribution in [0.2, 0.25) is 0 Å². The maximum Gasteiger partial charge on any atom is 0.297 e. The molecule has 10 aliphatic rings. The molecule has 5 aromatic carbocycles. The van der Waals surface area contributed by atoms with Gasteiger partial charge in [0.15, 0.2) is 0 Å². The number of ether oxygens (including phenoxy) is 8. The van der Waals surface area contributed by atoms with E-state index in [4.69, 9.17) is 57.3 Å². The Morgan fingerprint density at radius 1 is 0.480 bits per heavy atom. The maximum atomic E-state index is 13.0. The van der Waals surface area contributed by atoms with Crippen LogP contribution >= 0.6 is 0 Å². The fourth-order valence-corrected chi connectivity index (χ4v) is 17.0. The van der Waals surface area contributed by atoms with E-state index in [-0.39, 0.29) is 130 Å². The molecule has 34 nitrogen and oxygen atoms in total. The Labute approximate surface area is 738 Å². The zero-order valence-corrected chi connectivity index (χ0v) is 72.7. The largest absolute Gasteiger partial charge is 0.491 e. The Morgan fingerprint density at radius 3 is 1.31 bits per heavy atom. The first-order chi connectivity index (χ1) is 60.6. The van der Waals surface area contributed by atoms with Crippen LogP contribution < -0.4 is 44.7 Å². The highest BCUT2D eigenvalue weighted by molar-refractivity contribution is 7.86.